The smallest absolute Gasteiger partial charge is 0.218 e. The maximum atomic E-state index is 12.5. The van der Waals surface area contributed by atoms with Gasteiger partial charge in [0, 0.05) is 25.2 Å². The quantitative estimate of drug-likeness (QED) is 0.720. The monoisotopic (exact) mass is 296 g/mol. The van der Waals surface area contributed by atoms with Crippen molar-refractivity contribution in [1.82, 2.24) is 9.62 Å². The van der Waals surface area contributed by atoms with E-state index in [0.29, 0.717) is 13.1 Å². The normalized spacial score (nSPS) is 37.8. The van der Waals surface area contributed by atoms with Gasteiger partial charge < -0.3 is 5.32 Å². The van der Waals surface area contributed by atoms with Crippen molar-refractivity contribution < 1.29 is 16.8 Å². The van der Waals surface area contributed by atoms with Crippen LogP contribution in [0.2, 0.25) is 0 Å². The fourth-order valence-electron chi connectivity index (χ4n) is 2.53. The predicted molar refractivity (Wildman–Crippen MR) is 69.6 cm³/mol. The zero-order valence-electron chi connectivity index (χ0n) is 10.7. The van der Waals surface area contributed by atoms with Crippen LogP contribution in [0.4, 0.5) is 0 Å². The summed E-state index contributed by atoms with van der Waals surface area (Å²) in [5, 5.41) is 2.46. The van der Waals surface area contributed by atoms with E-state index >= 15 is 0 Å². The fourth-order valence-corrected chi connectivity index (χ4v) is 7.34. The van der Waals surface area contributed by atoms with Crippen LogP contribution in [0.3, 0.4) is 0 Å². The molecule has 106 valence electrons. The van der Waals surface area contributed by atoms with E-state index in [9.17, 15) is 16.8 Å². The molecule has 2 fully saturated rings. The second kappa shape index (κ2) is 4.73. The number of rotatable bonds is 2. The van der Waals surface area contributed by atoms with Crippen LogP contribution in [0.15, 0.2) is 0 Å². The van der Waals surface area contributed by atoms with Gasteiger partial charge in [-0.3, -0.25) is 0 Å². The summed E-state index contributed by atoms with van der Waals surface area (Å²) in [5.41, 5.74) is 0. The molecule has 0 aromatic rings. The van der Waals surface area contributed by atoms with Crippen molar-refractivity contribution in [3.63, 3.8) is 0 Å². The lowest BCUT2D eigenvalue weighted by Gasteiger charge is -2.37. The summed E-state index contributed by atoms with van der Waals surface area (Å²) >= 11 is 0. The second-order valence-electron chi connectivity index (χ2n) is 5.30. The van der Waals surface area contributed by atoms with Crippen LogP contribution in [0.1, 0.15) is 20.3 Å². The second-order valence-corrected chi connectivity index (χ2v) is 9.69. The van der Waals surface area contributed by atoms with Crippen molar-refractivity contribution in [3.8, 4) is 0 Å². The number of hydrogen-bond acceptors (Lipinski definition) is 5. The standard InChI is InChI=1S/C10H20N2O4S2/c1-8-6-12(9(2)5-11-8)18(15,16)10-3-4-17(13,14)7-10/h8-11H,3-7H2,1-2H3. The van der Waals surface area contributed by atoms with E-state index in [1.165, 1.54) is 4.31 Å². The summed E-state index contributed by atoms with van der Waals surface area (Å²) in [5.74, 6) is -0.229. The summed E-state index contributed by atoms with van der Waals surface area (Å²) in [6.45, 7) is 4.81. The molecular weight excluding hydrogens is 276 g/mol. The van der Waals surface area contributed by atoms with Gasteiger partial charge in [0.25, 0.3) is 0 Å². The van der Waals surface area contributed by atoms with Crippen LogP contribution in [-0.2, 0) is 19.9 Å². The average Bonchev–Trinajstić information content (AvgIpc) is 2.63. The Labute approximate surface area is 109 Å². The zero-order valence-corrected chi connectivity index (χ0v) is 12.3. The molecule has 0 radical (unpaired) electrons. The highest BCUT2D eigenvalue weighted by molar-refractivity contribution is 7.95. The minimum atomic E-state index is -3.50. The van der Waals surface area contributed by atoms with Crippen molar-refractivity contribution >= 4 is 19.9 Å². The molecule has 0 aromatic carbocycles. The summed E-state index contributed by atoms with van der Waals surface area (Å²) in [6, 6.07) is -0.0107. The van der Waals surface area contributed by atoms with E-state index in [-0.39, 0.29) is 30.0 Å². The van der Waals surface area contributed by atoms with Gasteiger partial charge in [-0.15, -0.1) is 0 Å². The molecular formula is C10H20N2O4S2. The van der Waals surface area contributed by atoms with Crippen molar-refractivity contribution in [2.75, 3.05) is 24.6 Å². The first-order chi connectivity index (χ1) is 8.22. The van der Waals surface area contributed by atoms with Gasteiger partial charge in [0.2, 0.25) is 10.0 Å². The number of hydrogen-bond donors (Lipinski definition) is 1. The van der Waals surface area contributed by atoms with Crippen LogP contribution in [0.25, 0.3) is 0 Å². The van der Waals surface area contributed by atoms with E-state index in [2.05, 4.69) is 5.32 Å². The minimum absolute atomic E-state index is 0.00702. The number of nitrogens with one attached hydrogen (secondary N) is 1. The Kier molecular flexibility index (Phi) is 3.74. The molecule has 0 spiro atoms. The lowest BCUT2D eigenvalue weighted by atomic mass is 10.2. The highest BCUT2D eigenvalue weighted by Crippen LogP contribution is 2.24. The Hall–Kier alpha value is -0.180. The largest absolute Gasteiger partial charge is 0.311 e. The van der Waals surface area contributed by atoms with Crippen LogP contribution in [0, 0.1) is 0 Å². The van der Waals surface area contributed by atoms with Crippen molar-refractivity contribution in [3.05, 3.63) is 0 Å². The van der Waals surface area contributed by atoms with Gasteiger partial charge in [-0.2, -0.15) is 4.31 Å². The van der Waals surface area contributed by atoms with Crippen molar-refractivity contribution in [2.24, 2.45) is 0 Å². The maximum absolute atomic E-state index is 12.5. The molecule has 8 heteroatoms. The Morgan fingerprint density at radius 3 is 2.50 bits per heavy atom. The summed E-state index contributed by atoms with van der Waals surface area (Å²) in [6.07, 6.45) is 0.232. The molecule has 0 aromatic heterocycles. The lowest BCUT2D eigenvalue weighted by Crippen LogP contribution is -2.58. The summed E-state index contributed by atoms with van der Waals surface area (Å²) in [7, 11) is -6.67. The third kappa shape index (κ3) is 2.71. The molecule has 6 nitrogen and oxygen atoms in total. The van der Waals surface area contributed by atoms with E-state index in [1.807, 2.05) is 13.8 Å². The maximum Gasteiger partial charge on any atom is 0.218 e. The molecule has 2 aliphatic rings. The molecule has 2 heterocycles. The molecule has 3 atom stereocenters. The van der Waals surface area contributed by atoms with Gasteiger partial charge in [-0.05, 0) is 20.3 Å². The van der Waals surface area contributed by atoms with Crippen molar-refractivity contribution in [1.29, 1.82) is 0 Å². The number of piperazine rings is 1. The Balaban J connectivity index is 2.20. The highest BCUT2D eigenvalue weighted by atomic mass is 32.2. The topological polar surface area (TPSA) is 83.6 Å². The number of sulfone groups is 1. The molecule has 2 aliphatic heterocycles. The summed E-state index contributed by atoms with van der Waals surface area (Å²) in [4.78, 5) is 0. The lowest BCUT2D eigenvalue weighted by molar-refractivity contribution is 0.243. The Morgan fingerprint density at radius 1 is 1.28 bits per heavy atom. The Morgan fingerprint density at radius 2 is 1.94 bits per heavy atom. The van der Waals surface area contributed by atoms with E-state index in [4.69, 9.17) is 0 Å². The first-order valence-corrected chi connectivity index (χ1v) is 9.49. The van der Waals surface area contributed by atoms with Gasteiger partial charge in [0.1, 0.15) is 0 Å². The molecule has 18 heavy (non-hydrogen) atoms. The summed E-state index contributed by atoms with van der Waals surface area (Å²) < 4.78 is 49.2. The van der Waals surface area contributed by atoms with Gasteiger partial charge in [-0.25, -0.2) is 16.8 Å². The first kappa shape index (κ1) is 14.2. The van der Waals surface area contributed by atoms with Crippen LogP contribution in [-0.4, -0.2) is 63.1 Å². The van der Waals surface area contributed by atoms with Crippen LogP contribution in [0.5, 0.6) is 0 Å². The molecule has 0 aliphatic carbocycles. The van der Waals surface area contributed by atoms with E-state index in [1.54, 1.807) is 0 Å². The highest BCUT2D eigenvalue weighted by Gasteiger charge is 2.43. The van der Waals surface area contributed by atoms with E-state index < -0.39 is 25.1 Å². The Bertz CT molecular complexity index is 514. The third-order valence-corrected chi connectivity index (χ3v) is 8.03. The number of nitrogens with zero attached hydrogens (tertiary/aromatic N) is 1. The van der Waals surface area contributed by atoms with Gasteiger partial charge in [0.05, 0.1) is 16.8 Å². The zero-order chi connectivity index (χ0) is 13.6. The molecule has 0 saturated carbocycles. The fraction of sp³-hybridized carbons (Fsp3) is 1.00. The molecule has 2 saturated heterocycles. The minimum Gasteiger partial charge on any atom is -0.311 e. The molecule has 2 rings (SSSR count). The van der Waals surface area contributed by atoms with Crippen LogP contribution < -0.4 is 5.32 Å². The number of sulfonamides is 1. The van der Waals surface area contributed by atoms with E-state index in [0.717, 1.165) is 0 Å². The molecule has 3 unspecified atom stereocenters. The van der Waals surface area contributed by atoms with Gasteiger partial charge >= 0.3 is 0 Å². The molecule has 0 bridgehead atoms. The first-order valence-electron chi connectivity index (χ1n) is 6.17. The third-order valence-electron chi connectivity index (χ3n) is 3.65. The molecule has 0 amide bonds. The molecule has 1 N–H and O–H groups in total. The van der Waals surface area contributed by atoms with Gasteiger partial charge in [-0.1, -0.05) is 0 Å². The van der Waals surface area contributed by atoms with Crippen molar-refractivity contribution in [2.45, 2.75) is 37.6 Å². The average molecular weight is 296 g/mol. The predicted octanol–water partition coefficient (Wildman–Crippen LogP) is -0.814. The van der Waals surface area contributed by atoms with Gasteiger partial charge in [0.15, 0.2) is 9.84 Å². The van der Waals surface area contributed by atoms with Crippen LogP contribution >= 0.6 is 0 Å². The SMILES string of the molecule is CC1CN(S(=O)(=O)C2CCS(=O)(=O)C2)C(C)CN1.